The second-order valence-electron chi connectivity index (χ2n) is 7.07. The maximum absolute atomic E-state index is 12.6. The molecule has 0 heterocycles. The molecule has 0 spiro atoms. The van der Waals surface area contributed by atoms with Gasteiger partial charge in [0.2, 0.25) is 29.5 Å². The first-order valence-electron chi connectivity index (χ1n) is 9.51. The van der Waals surface area contributed by atoms with Crippen LogP contribution in [0.4, 0.5) is 0 Å². The second-order valence-corrected chi connectivity index (χ2v) is 7.07. The number of carboxylic acid groups (broad SMARTS) is 2. The van der Waals surface area contributed by atoms with E-state index in [0.29, 0.717) is 0 Å². The predicted octanol–water partition coefficient (Wildman–Crippen LogP) is -5.15. The Labute approximate surface area is 187 Å². The summed E-state index contributed by atoms with van der Waals surface area (Å²) in [6, 6.07) is -6.53. The average Bonchev–Trinajstić information content (AvgIpc) is 2.66. The van der Waals surface area contributed by atoms with Gasteiger partial charge in [0, 0.05) is 6.42 Å². The van der Waals surface area contributed by atoms with E-state index in [0.717, 1.165) is 6.92 Å². The number of carboxylic acids is 2. The highest BCUT2D eigenvalue weighted by Gasteiger charge is 2.33. The zero-order valence-corrected chi connectivity index (χ0v) is 17.6. The van der Waals surface area contributed by atoms with Gasteiger partial charge in [-0.25, -0.2) is 4.79 Å². The smallest absolute Gasteiger partial charge is 0.326 e. The minimum atomic E-state index is -1.74. The third-order valence-corrected chi connectivity index (χ3v) is 4.13. The molecule has 0 aliphatic heterocycles. The summed E-state index contributed by atoms with van der Waals surface area (Å²) in [5.41, 5.74) is 15.4. The summed E-state index contributed by atoms with van der Waals surface area (Å²) in [7, 11) is 0. The fourth-order valence-corrected chi connectivity index (χ4v) is 2.44. The van der Waals surface area contributed by atoms with E-state index in [4.69, 9.17) is 27.4 Å². The Hall–Kier alpha value is -3.79. The minimum absolute atomic E-state index is 0.361. The molecule has 0 aliphatic rings. The molecule has 33 heavy (non-hydrogen) atoms. The maximum atomic E-state index is 12.6. The lowest BCUT2D eigenvalue weighted by Crippen LogP contribution is -2.60. The molecule has 16 nitrogen and oxygen atoms in total. The molecular weight excluding hydrogens is 448 g/mol. The zero-order valence-electron chi connectivity index (χ0n) is 17.6. The first kappa shape index (κ1) is 29.2. The molecule has 0 saturated carbocycles. The topological polar surface area (TPSA) is 294 Å². The number of hydrogen-bond acceptors (Lipinski definition) is 9. The van der Waals surface area contributed by atoms with E-state index in [-0.39, 0.29) is 6.42 Å². The number of primary amides is 2. The van der Waals surface area contributed by atoms with Gasteiger partial charge in [0.05, 0.1) is 25.0 Å². The van der Waals surface area contributed by atoms with Crippen molar-refractivity contribution in [3.63, 3.8) is 0 Å². The molecule has 0 rings (SSSR count). The van der Waals surface area contributed by atoms with Gasteiger partial charge in [-0.1, -0.05) is 0 Å². The summed E-state index contributed by atoms with van der Waals surface area (Å²) in [4.78, 5) is 81.1. The molecule has 0 saturated heterocycles. The number of rotatable bonds is 15. The third kappa shape index (κ3) is 11.4. The van der Waals surface area contributed by atoms with E-state index >= 15 is 0 Å². The van der Waals surface area contributed by atoms with Gasteiger partial charge in [-0.05, 0) is 13.3 Å². The van der Waals surface area contributed by atoms with Crippen molar-refractivity contribution in [3.8, 4) is 0 Å². The number of nitrogens with two attached hydrogens (primary N) is 3. The van der Waals surface area contributed by atoms with E-state index < -0.39 is 91.0 Å². The van der Waals surface area contributed by atoms with Gasteiger partial charge in [-0.15, -0.1) is 0 Å². The molecule has 5 unspecified atom stereocenters. The van der Waals surface area contributed by atoms with Crippen molar-refractivity contribution in [2.24, 2.45) is 17.2 Å². The van der Waals surface area contributed by atoms with Gasteiger partial charge in [-0.2, -0.15) is 0 Å². The number of hydrogen-bond donors (Lipinski definition) is 9. The first-order valence-corrected chi connectivity index (χ1v) is 9.51. The van der Waals surface area contributed by atoms with Crippen LogP contribution in [0, 0.1) is 0 Å². The summed E-state index contributed by atoms with van der Waals surface area (Å²) in [5, 5.41) is 33.8. The molecule has 16 heteroatoms. The second kappa shape index (κ2) is 13.6. The van der Waals surface area contributed by atoms with Crippen molar-refractivity contribution >= 4 is 41.5 Å². The van der Waals surface area contributed by atoms with Gasteiger partial charge in [0.1, 0.15) is 18.1 Å². The van der Waals surface area contributed by atoms with Crippen molar-refractivity contribution < 1.29 is 48.9 Å². The summed E-state index contributed by atoms with van der Waals surface area (Å²) < 4.78 is 0. The van der Waals surface area contributed by atoms with Crippen LogP contribution in [0.5, 0.6) is 0 Å². The number of aliphatic carboxylic acids is 2. The van der Waals surface area contributed by atoms with Crippen LogP contribution in [0.15, 0.2) is 0 Å². The number of nitrogens with one attached hydrogen (secondary N) is 3. The van der Waals surface area contributed by atoms with Crippen LogP contribution in [0.3, 0.4) is 0 Å². The lowest BCUT2D eigenvalue weighted by molar-refractivity contribution is -0.144. The summed E-state index contributed by atoms with van der Waals surface area (Å²) in [6.45, 7) is 1.09. The van der Waals surface area contributed by atoms with Crippen molar-refractivity contribution in [1.29, 1.82) is 0 Å². The molecular formula is C17H28N6O10. The monoisotopic (exact) mass is 476 g/mol. The Balaban J connectivity index is 5.52. The van der Waals surface area contributed by atoms with E-state index in [2.05, 4.69) is 10.6 Å². The maximum Gasteiger partial charge on any atom is 0.326 e. The van der Waals surface area contributed by atoms with Crippen LogP contribution in [0.2, 0.25) is 0 Å². The lowest BCUT2D eigenvalue weighted by atomic mass is 10.1. The van der Waals surface area contributed by atoms with Gasteiger partial charge in [0.25, 0.3) is 0 Å². The van der Waals surface area contributed by atoms with Crippen molar-refractivity contribution in [3.05, 3.63) is 0 Å². The fraction of sp³-hybridized carbons (Fsp3) is 0.588. The zero-order chi connectivity index (χ0) is 25.9. The Kier molecular flexibility index (Phi) is 12.0. The van der Waals surface area contributed by atoms with Gasteiger partial charge < -0.3 is 48.5 Å². The SMILES string of the molecule is CC(O)C(NC(=O)C(CCC(N)=O)NC(=O)C(N)CC(=O)O)C(=O)NC(CC(N)=O)C(=O)O. The highest BCUT2D eigenvalue weighted by atomic mass is 16.4. The minimum Gasteiger partial charge on any atom is -0.481 e. The van der Waals surface area contributed by atoms with Gasteiger partial charge >= 0.3 is 11.9 Å². The summed E-state index contributed by atoms with van der Waals surface area (Å²) >= 11 is 0. The standard InChI is InChI=1S/C17H28N6O10/c1-6(24)13(16(31)22-9(17(32)33)5-11(20)26)23-15(30)8(2-3-10(19)25)21-14(29)7(18)4-12(27)28/h6-9,13,24H,2-5,18H2,1H3,(H2,19,25)(H2,20,26)(H,21,29)(H,22,31)(H,23,30)(H,27,28)(H,32,33). The molecule has 0 aromatic heterocycles. The Bertz CT molecular complexity index is 786. The summed E-state index contributed by atoms with van der Waals surface area (Å²) in [6.07, 6.45) is -3.84. The lowest BCUT2D eigenvalue weighted by Gasteiger charge is -2.26. The van der Waals surface area contributed by atoms with Crippen LogP contribution in [-0.4, -0.2) is 87.1 Å². The highest BCUT2D eigenvalue weighted by molar-refractivity contribution is 5.95. The largest absolute Gasteiger partial charge is 0.481 e. The Morgan fingerprint density at radius 2 is 1.33 bits per heavy atom. The number of aliphatic hydroxyl groups is 1. The van der Waals surface area contributed by atoms with Crippen molar-refractivity contribution in [1.82, 2.24) is 16.0 Å². The average molecular weight is 476 g/mol. The Morgan fingerprint density at radius 1 is 0.788 bits per heavy atom. The van der Waals surface area contributed by atoms with Crippen LogP contribution in [0.25, 0.3) is 0 Å². The van der Waals surface area contributed by atoms with E-state index in [9.17, 15) is 38.7 Å². The van der Waals surface area contributed by atoms with Crippen molar-refractivity contribution in [2.75, 3.05) is 0 Å². The molecule has 186 valence electrons. The number of carbonyl (C=O) groups excluding carboxylic acids is 5. The van der Waals surface area contributed by atoms with Gasteiger partial charge in [0.15, 0.2) is 0 Å². The number of carbonyl (C=O) groups is 7. The van der Waals surface area contributed by atoms with E-state index in [1.807, 2.05) is 5.32 Å². The molecule has 0 aliphatic carbocycles. The van der Waals surface area contributed by atoms with Gasteiger partial charge in [-0.3, -0.25) is 28.8 Å². The Morgan fingerprint density at radius 3 is 1.76 bits per heavy atom. The van der Waals surface area contributed by atoms with Crippen LogP contribution in [0.1, 0.15) is 32.6 Å². The van der Waals surface area contributed by atoms with Crippen LogP contribution < -0.4 is 33.2 Å². The van der Waals surface area contributed by atoms with Crippen LogP contribution in [-0.2, 0) is 33.6 Å². The molecule has 0 fully saturated rings. The van der Waals surface area contributed by atoms with Crippen molar-refractivity contribution in [2.45, 2.75) is 62.9 Å². The number of aliphatic hydroxyl groups excluding tert-OH is 1. The highest BCUT2D eigenvalue weighted by Crippen LogP contribution is 2.03. The molecule has 12 N–H and O–H groups in total. The fourth-order valence-electron chi connectivity index (χ4n) is 2.44. The first-order chi connectivity index (χ1) is 15.1. The van der Waals surface area contributed by atoms with E-state index in [1.165, 1.54) is 0 Å². The van der Waals surface area contributed by atoms with E-state index in [1.54, 1.807) is 0 Å². The molecule has 0 aromatic carbocycles. The van der Waals surface area contributed by atoms with Crippen LogP contribution >= 0.6 is 0 Å². The molecule has 5 amide bonds. The third-order valence-electron chi connectivity index (χ3n) is 4.13. The molecule has 5 atom stereocenters. The number of amides is 5. The normalized spacial score (nSPS) is 15.1. The molecule has 0 radical (unpaired) electrons. The quantitative estimate of drug-likeness (QED) is 0.108. The summed E-state index contributed by atoms with van der Waals surface area (Å²) in [5.74, 6) is -8.18. The predicted molar refractivity (Wildman–Crippen MR) is 108 cm³/mol. The molecule has 0 bridgehead atoms. The molecule has 0 aromatic rings.